The summed E-state index contributed by atoms with van der Waals surface area (Å²) < 4.78 is 0. The molecule has 0 aliphatic heterocycles. The van der Waals surface area contributed by atoms with Gasteiger partial charge in [-0.05, 0) is 25.2 Å². The molecule has 0 spiro atoms. The molecule has 0 radical (unpaired) electrons. The van der Waals surface area contributed by atoms with Crippen LogP contribution in [-0.4, -0.2) is 30.8 Å². The summed E-state index contributed by atoms with van der Waals surface area (Å²) in [4.78, 5) is 11.3. The average Bonchev–Trinajstić information content (AvgIpc) is 2.95. The predicted octanol–water partition coefficient (Wildman–Crippen LogP) is 1.10. The van der Waals surface area contributed by atoms with Gasteiger partial charge in [0, 0.05) is 18.5 Å². The number of hydrogen-bond donors (Lipinski definition) is 3. The van der Waals surface area contributed by atoms with Crippen LogP contribution in [0.4, 0.5) is 4.79 Å². The van der Waals surface area contributed by atoms with Crippen LogP contribution in [0.25, 0.3) is 0 Å². The Morgan fingerprint density at radius 3 is 2.53 bits per heavy atom. The highest BCUT2D eigenvalue weighted by Crippen LogP contribution is 2.44. The van der Waals surface area contributed by atoms with Gasteiger partial charge in [0.2, 0.25) is 0 Å². The predicted molar refractivity (Wildman–Crippen MR) is 59.6 cm³/mol. The first-order valence-electron chi connectivity index (χ1n) is 5.70. The molecule has 3 N–H and O–H groups in total. The van der Waals surface area contributed by atoms with E-state index in [9.17, 15) is 4.79 Å². The third-order valence-electron chi connectivity index (χ3n) is 2.92. The number of rotatable bonds is 6. The van der Waals surface area contributed by atoms with Gasteiger partial charge in [0.05, 0.1) is 6.61 Å². The number of urea groups is 1. The largest absolute Gasteiger partial charge is 0.396 e. The van der Waals surface area contributed by atoms with Crippen LogP contribution >= 0.6 is 0 Å². The molecule has 1 fully saturated rings. The van der Waals surface area contributed by atoms with E-state index in [0.29, 0.717) is 12.5 Å². The van der Waals surface area contributed by atoms with Crippen LogP contribution < -0.4 is 10.6 Å². The average molecular weight is 214 g/mol. The molecule has 0 saturated heterocycles. The van der Waals surface area contributed by atoms with Crippen molar-refractivity contribution in [1.29, 1.82) is 0 Å². The molecule has 88 valence electrons. The van der Waals surface area contributed by atoms with Gasteiger partial charge in [-0.15, -0.1) is 0 Å². The topological polar surface area (TPSA) is 61.4 Å². The Morgan fingerprint density at radius 2 is 2.07 bits per heavy atom. The van der Waals surface area contributed by atoms with Crippen LogP contribution in [0, 0.1) is 11.3 Å². The van der Waals surface area contributed by atoms with Crippen molar-refractivity contribution in [3.05, 3.63) is 0 Å². The first-order valence-corrected chi connectivity index (χ1v) is 5.70. The molecule has 0 unspecified atom stereocenters. The molecule has 0 atom stereocenters. The Morgan fingerprint density at radius 1 is 1.40 bits per heavy atom. The molecule has 0 heterocycles. The molecule has 0 bridgehead atoms. The maximum absolute atomic E-state index is 11.3. The Balaban J connectivity index is 2.04. The number of hydrogen-bond acceptors (Lipinski definition) is 2. The minimum atomic E-state index is -0.115. The van der Waals surface area contributed by atoms with E-state index in [1.54, 1.807) is 0 Å². The van der Waals surface area contributed by atoms with Crippen molar-refractivity contribution in [1.82, 2.24) is 10.6 Å². The maximum atomic E-state index is 11.3. The fourth-order valence-corrected chi connectivity index (χ4v) is 1.37. The number of carbonyl (C=O) groups is 1. The lowest BCUT2D eigenvalue weighted by molar-refractivity contribution is 0.203. The molecule has 1 saturated carbocycles. The minimum absolute atomic E-state index is 0.00458. The smallest absolute Gasteiger partial charge is 0.314 e. The molecule has 4 heteroatoms. The van der Waals surface area contributed by atoms with E-state index in [1.165, 1.54) is 0 Å². The summed E-state index contributed by atoms with van der Waals surface area (Å²) in [6, 6.07) is -0.115. The second kappa shape index (κ2) is 5.35. The van der Waals surface area contributed by atoms with Gasteiger partial charge in [-0.25, -0.2) is 4.79 Å². The third kappa shape index (κ3) is 4.51. The zero-order valence-corrected chi connectivity index (χ0v) is 9.68. The number of aliphatic hydroxyl groups is 1. The minimum Gasteiger partial charge on any atom is -0.396 e. The van der Waals surface area contributed by atoms with E-state index in [4.69, 9.17) is 5.11 Å². The molecule has 1 aliphatic rings. The summed E-state index contributed by atoms with van der Waals surface area (Å²) in [6.07, 6.45) is 3.05. The molecule has 0 aromatic heterocycles. The Labute approximate surface area is 91.4 Å². The molecule has 0 aromatic rings. The fraction of sp³-hybridized carbons (Fsp3) is 0.909. The van der Waals surface area contributed by atoms with Gasteiger partial charge in [-0.3, -0.25) is 0 Å². The van der Waals surface area contributed by atoms with Crippen LogP contribution in [0.1, 0.15) is 33.1 Å². The monoisotopic (exact) mass is 214 g/mol. The van der Waals surface area contributed by atoms with Crippen molar-refractivity contribution in [2.75, 3.05) is 19.7 Å². The molecule has 1 aliphatic carbocycles. The summed E-state index contributed by atoms with van der Waals surface area (Å²) in [6.45, 7) is 5.75. The second-order valence-electron chi connectivity index (χ2n) is 4.95. The maximum Gasteiger partial charge on any atom is 0.314 e. The van der Waals surface area contributed by atoms with E-state index in [0.717, 1.165) is 25.8 Å². The molecule has 2 amide bonds. The number of aliphatic hydroxyl groups excluding tert-OH is 1. The highest BCUT2D eigenvalue weighted by Gasteiger charge is 2.41. The number of nitrogens with one attached hydrogen (secondary N) is 2. The van der Waals surface area contributed by atoms with Gasteiger partial charge < -0.3 is 15.7 Å². The molecular formula is C11H22N2O2. The number of amides is 2. The van der Waals surface area contributed by atoms with Crippen molar-refractivity contribution < 1.29 is 9.90 Å². The molecular weight excluding hydrogens is 192 g/mol. The highest BCUT2D eigenvalue weighted by molar-refractivity contribution is 5.73. The van der Waals surface area contributed by atoms with Crippen molar-refractivity contribution >= 4 is 6.03 Å². The Bertz CT molecular complexity index is 213. The molecule has 0 aromatic carbocycles. The standard InChI is InChI=1S/C11H22N2O2/c1-9(2)3-6-12-10(15)13-7-11(8-14)4-5-11/h9,14H,3-8H2,1-2H3,(H2,12,13,15). The third-order valence-corrected chi connectivity index (χ3v) is 2.92. The van der Waals surface area contributed by atoms with Crippen molar-refractivity contribution in [2.24, 2.45) is 11.3 Å². The first-order chi connectivity index (χ1) is 7.08. The highest BCUT2D eigenvalue weighted by atomic mass is 16.3. The molecule has 15 heavy (non-hydrogen) atoms. The van der Waals surface area contributed by atoms with Crippen LogP contribution in [0.15, 0.2) is 0 Å². The van der Waals surface area contributed by atoms with Gasteiger partial charge in [-0.1, -0.05) is 13.8 Å². The van der Waals surface area contributed by atoms with Crippen LogP contribution in [0.3, 0.4) is 0 Å². The van der Waals surface area contributed by atoms with Gasteiger partial charge in [0.25, 0.3) is 0 Å². The van der Waals surface area contributed by atoms with Crippen molar-refractivity contribution in [2.45, 2.75) is 33.1 Å². The van der Waals surface area contributed by atoms with Crippen LogP contribution in [-0.2, 0) is 0 Å². The lowest BCUT2D eigenvalue weighted by atomic mass is 10.1. The second-order valence-corrected chi connectivity index (χ2v) is 4.95. The van der Waals surface area contributed by atoms with Gasteiger partial charge >= 0.3 is 6.03 Å². The molecule has 1 rings (SSSR count). The van der Waals surface area contributed by atoms with Gasteiger partial charge in [0.15, 0.2) is 0 Å². The summed E-state index contributed by atoms with van der Waals surface area (Å²) in [5, 5.41) is 14.7. The summed E-state index contributed by atoms with van der Waals surface area (Å²) in [5.74, 6) is 0.609. The molecule has 4 nitrogen and oxygen atoms in total. The summed E-state index contributed by atoms with van der Waals surface area (Å²) >= 11 is 0. The lowest BCUT2D eigenvalue weighted by Gasteiger charge is -2.13. The summed E-state index contributed by atoms with van der Waals surface area (Å²) in [5.41, 5.74) is -0.00458. The Kier molecular flexibility index (Phi) is 4.39. The van der Waals surface area contributed by atoms with Gasteiger partial charge in [0.1, 0.15) is 0 Å². The van der Waals surface area contributed by atoms with Crippen molar-refractivity contribution in [3.8, 4) is 0 Å². The lowest BCUT2D eigenvalue weighted by Crippen LogP contribution is -2.40. The van der Waals surface area contributed by atoms with Crippen LogP contribution in [0.2, 0.25) is 0 Å². The van der Waals surface area contributed by atoms with Crippen molar-refractivity contribution in [3.63, 3.8) is 0 Å². The van der Waals surface area contributed by atoms with E-state index in [2.05, 4.69) is 24.5 Å². The zero-order valence-electron chi connectivity index (χ0n) is 9.68. The van der Waals surface area contributed by atoms with E-state index in [1.807, 2.05) is 0 Å². The Hall–Kier alpha value is -0.770. The number of carbonyl (C=O) groups excluding carboxylic acids is 1. The quantitative estimate of drug-likeness (QED) is 0.620. The van der Waals surface area contributed by atoms with E-state index in [-0.39, 0.29) is 18.1 Å². The van der Waals surface area contributed by atoms with E-state index < -0.39 is 0 Å². The van der Waals surface area contributed by atoms with Crippen LogP contribution in [0.5, 0.6) is 0 Å². The zero-order chi connectivity index (χ0) is 11.3. The van der Waals surface area contributed by atoms with Gasteiger partial charge in [-0.2, -0.15) is 0 Å². The van der Waals surface area contributed by atoms with E-state index >= 15 is 0 Å². The fourth-order valence-electron chi connectivity index (χ4n) is 1.37. The summed E-state index contributed by atoms with van der Waals surface area (Å²) in [7, 11) is 0. The normalized spacial score (nSPS) is 17.6. The first kappa shape index (κ1) is 12.3. The SMILES string of the molecule is CC(C)CCNC(=O)NCC1(CO)CC1.